The van der Waals surface area contributed by atoms with Gasteiger partial charge in [0, 0.05) is 11.3 Å². The molecule has 1 aliphatic carbocycles. The normalized spacial score (nSPS) is 16.3. The number of thiophene rings is 1. The van der Waals surface area contributed by atoms with Crippen LogP contribution in [0.3, 0.4) is 0 Å². The first-order chi connectivity index (χ1) is 15.4. The first-order valence-electron chi connectivity index (χ1n) is 12.1. The van der Waals surface area contributed by atoms with Crippen molar-refractivity contribution < 1.29 is 14.3 Å². The van der Waals surface area contributed by atoms with E-state index in [1.165, 1.54) is 10.4 Å². The summed E-state index contributed by atoms with van der Waals surface area (Å²) in [4.78, 5) is 26.8. The highest BCUT2D eigenvalue weighted by Gasteiger charge is 2.34. The van der Waals surface area contributed by atoms with E-state index in [4.69, 9.17) is 4.74 Å². The van der Waals surface area contributed by atoms with Gasteiger partial charge in [-0.15, -0.1) is 11.3 Å². The molecule has 0 saturated carbocycles. The number of amides is 1. The van der Waals surface area contributed by atoms with Crippen LogP contribution in [-0.4, -0.2) is 18.5 Å². The maximum Gasteiger partial charge on any atom is 0.341 e. The predicted molar refractivity (Wildman–Crippen MR) is 137 cm³/mol. The van der Waals surface area contributed by atoms with Crippen LogP contribution in [-0.2, 0) is 34.2 Å². The average molecular weight is 470 g/mol. The van der Waals surface area contributed by atoms with Gasteiger partial charge in [0.15, 0.2) is 0 Å². The Balaban J connectivity index is 1.73. The van der Waals surface area contributed by atoms with Gasteiger partial charge >= 0.3 is 5.97 Å². The Morgan fingerprint density at radius 2 is 1.76 bits per heavy atom. The van der Waals surface area contributed by atoms with Gasteiger partial charge in [0.05, 0.1) is 12.2 Å². The van der Waals surface area contributed by atoms with Crippen molar-refractivity contribution in [1.82, 2.24) is 0 Å². The Hall–Kier alpha value is -2.14. The summed E-state index contributed by atoms with van der Waals surface area (Å²) in [7, 11) is 0. The Morgan fingerprint density at radius 3 is 2.33 bits per heavy atom. The standard InChI is InChI=1S/C28H39NO3S/c1-8-32-26(31)24-21-15-14-20(28(5,6)7)17-22(21)33-25(24)29-23(30)16-11-18-9-12-19(13-10-18)27(2,3)4/h9-10,12-13,20H,8,11,14-17H2,1-7H3,(H,29,30). The lowest BCUT2D eigenvalue weighted by Gasteiger charge is -2.33. The minimum absolute atomic E-state index is 0.0635. The Bertz CT molecular complexity index is 990. The number of carbonyl (C=O) groups excluding carboxylic acids is 2. The van der Waals surface area contributed by atoms with E-state index in [2.05, 4.69) is 71.1 Å². The molecule has 0 aliphatic heterocycles. The number of rotatable bonds is 6. The second-order valence-corrected chi connectivity index (χ2v) is 12.3. The Labute approximate surface area is 203 Å². The number of anilines is 1. The number of benzene rings is 1. The minimum Gasteiger partial charge on any atom is -0.462 e. The maximum absolute atomic E-state index is 12.8. The third-order valence-corrected chi connectivity index (χ3v) is 7.85. The molecule has 3 rings (SSSR count). The van der Waals surface area contributed by atoms with E-state index >= 15 is 0 Å². The number of ether oxygens (including phenoxy) is 1. The van der Waals surface area contributed by atoms with Gasteiger partial charge in [-0.1, -0.05) is 65.8 Å². The number of nitrogens with one attached hydrogen (secondary N) is 1. The van der Waals surface area contributed by atoms with Crippen LogP contribution in [0.5, 0.6) is 0 Å². The topological polar surface area (TPSA) is 55.4 Å². The van der Waals surface area contributed by atoms with Crippen LogP contribution in [0, 0.1) is 11.3 Å². The molecule has 0 radical (unpaired) electrons. The highest BCUT2D eigenvalue weighted by atomic mass is 32.1. The molecular weight excluding hydrogens is 430 g/mol. The summed E-state index contributed by atoms with van der Waals surface area (Å²) in [5, 5.41) is 3.70. The molecular formula is C28H39NO3S. The quantitative estimate of drug-likeness (QED) is 0.466. The second-order valence-electron chi connectivity index (χ2n) is 11.2. The summed E-state index contributed by atoms with van der Waals surface area (Å²) in [5.74, 6) is 0.182. The lowest BCUT2D eigenvalue weighted by atomic mass is 9.72. The Morgan fingerprint density at radius 1 is 1.09 bits per heavy atom. The van der Waals surface area contributed by atoms with Crippen molar-refractivity contribution in [2.45, 2.75) is 86.0 Å². The van der Waals surface area contributed by atoms with E-state index in [-0.39, 0.29) is 22.7 Å². The summed E-state index contributed by atoms with van der Waals surface area (Å²) in [6, 6.07) is 8.50. The van der Waals surface area contributed by atoms with Crippen LogP contribution >= 0.6 is 11.3 Å². The number of carbonyl (C=O) groups is 2. The molecule has 0 fully saturated rings. The van der Waals surface area contributed by atoms with Crippen LogP contribution in [0.4, 0.5) is 5.00 Å². The van der Waals surface area contributed by atoms with Gasteiger partial charge in [0.1, 0.15) is 5.00 Å². The van der Waals surface area contributed by atoms with Crippen molar-refractivity contribution in [2.24, 2.45) is 11.3 Å². The van der Waals surface area contributed by atoms with Crippen LogP contribution in [0.1, 0.15) is 93.2 Å². The van der Waals surface area contributed by atoms with Crippen molar-refractivity contribution in [2.75, 3.05) is 11.9 Å². The molecule has 1 aliphatic rings. The number of aryl methyl sites for hydroxylation is 1. The molecule has 1 unspecified atom stereocenters. The largest absolute Gasteiger partial charge is 0.462 e. The Kier molecular flexibility index (Phi) is 7.73. The van der Waals surface area contributed by atoms with E-state index < -0.39 is 0 Å². The van der Waals surface area contributed by atoms with Crippen LogP contribution in [0.2, 0.25) is 0 Å². The summed E-state index contributed by atoms with van der Waals surface area (Å²) >= 11 is 1.56. The molecule has 1 heterocycles. The van der Waals surface area contributed by atoms with Gasteiger partial charge < -0.3 is 10.1 Å². The highest BCUT2D eigenvalue weighted by Crippen LogP contribution is 2.44. The van der Waals surface area contributed by atoms with Crippen LogP contribution in [0.15, 0.2) is 24.3 Å². The van der Waals surface area contributed by atoms with Crippen molar-refractivity contribution >= 4 is 28.2 Å². The molecule has 180 valence electrons. The van der Waals surface area contributed by atoms with E-state index in [0.717, 1.165) is 30.4 Å². The molecule has 2 aromatic rings. The third-order valence-electron chi connectivity index (χ3n) is 6.68. The van der Waals surface area contributed by atoms with Crippen LogP contribution < -0.4 is 5.32 Å². The van der Waals surface area contributed by atoms with Gasteiger partial charge in [-0.2, -0.15) is 0 Å². The SMILES string of the molecule is CCOC(=O)c1c(NC(=O)CCc2ccc(C(C)(C)C)cc2)sc2c1CCC(C(C)(C)C)C2. The third kappa shape index (κ3) is 6.26. The zero-order valence-electron chi connectivity index (χ0n) is 21.3. The molecule has 0 spiro atoms. The van der Waals surface area contributed by atoms with Crippen LogP contribution in [0.25, 0.3) is 0 Å². The fourth-order valence-electron chi connectivity index (χ4n) is 4.45. The number of hydrogen-bond donors (Lipinski definition) is 1. The zero-order valence-corrected chi connectivity index (χ0v) is 22.1. The second kappa shape index (κ2) is 10.0. The molecule has 0 saturated heterocycles. The van der Waals surface area contributed by atoms with Gasteiger partial charge in [-0.3, -0.25) is 4.79 Å². The molecule has 1 aromatic heterocycles. The summed E-state index contributed by atoms with van der Waals surface area (Å²) in [6.07, 6.45) is 3.91. The molecule has 1 N–H and O–H groups in total. The van der Waals surface area contributed by atoms with Crippen molar-refractivity contribution in [3.8, 4) is 0 Å². The zero-order chi connectivity index (χ0) is 24.4. The lowest BCUT2D eigenvalue weighted by Crippen LogP contribution is -2.26. The van der Waals surface area contributed by atoms with Gasteiger partial charge in [-0.25, -0.2) is 4.79 Å². The first kappa shape index (κ1) is 25.5. The smallest absolute Gasteiger partial charge is 0.341 e. The number of hydrogen-bond acceptors (Lipinski definition) is 4. The first-order valence-corrected chi connectivity index (χ1v) is 12.9. The maximum atomic E-state index is 12.8. The molecule has 1 atom stereocenters. The summed E-state index contributed by atoms with van der Waals surface area (Å²) in [6.45, 7) is 15.6. The molecule has 1 aromatic carbocycles. The molecule has 1 amide bonds. The number of esters is 1. The van der Waals surface area contributed by atoms with Gasteiger partial charge in [0.25, 0.3) is 0 Å². The lowest BCUT2D eigenvalue weighted by molar-refractivity contribution is -0.116. The fourth-order valence-corrected chi connectivity index (χ4v) is 5.78. The van der Waals surface area contributed by atoms with Gasteiger partial charge in [-0.05, 0) is 66.0 Å². The molecule has 33 heavy (non-hydrogen) atoms. The van der Waals surface area contributed by atoms with E-state index in [1.54, 1.807) is 11.3 Å². The van der Waals surface area contributed by atoms with Gasteiger partial charge in [0.2, 0.25) is 5.91 Å². The number of fused-ring (bicyclic) bond motifs is 1. The van der Waals surface area contributed by atoms with E-state index in [1.807, 2.05) is 6.92 Å². The summed E-state index contributed by atoms with van der Waals surface area (Å²) in [5.41, 5.74) is 4.41. The summed E-state index contributed by atoms with van der Waals surface area (Å²) < 4.78 is 5.35. The van der Waals surface area contributed by atoms with Crippen molar-refractivity contribution in [3.63, 3.8) is 0 Å². The fraction of sp³-hybridized carbons (Fsp3) is 0.571. The molecule has 5 heteroatoms. The molecule has 0 bridgehead atoms. The minimum atomic E-state index is -0.322. The highest BCUT2D eigenvalue weighted by molar-refractivity contribution is 7.17. The monoisotopic (exact) mass is 469 g/mol. The average Bonchev–Trinajstić information content (AvgIpc) is 3.08. The van der Waals surface area contributed by atoms with E-state index in [0.29, 0.717) is 35.9 Å². The molecule has 4 nitrogen and oxygen atoms in total. The van der Waals surface area contributed by atoms with E-state index in [9.17, 15) is 9.59 Å². The van der Waals surface area contributed by atoms with Crippen molar-refractivity contribution in [1.29, 1.82) is 0 Å². The predicted octanol–water partition coefficient (Wildman–Crippen LogP) is 6.94. The van der Waals surface area contributed by atoms with Crippen molar-refractivity contribution in [3.05, 3.63) is 51.4 Å².